The number of halogens is 1. The molecule has 2 aromatic rings. The first-order valence-corrected chi connectivity index (χ1v) is 7.48. The van der Waals surface area contributed by atoms with Crippen LogP contribution in [0.5, 0.6) is 0 Å². The summed E-state index contributed by atoms with van der Waals surface area (Å²) in [5.41, 5.74) is 1.76. The number of thioether (sulfide) groups is 1. The summed E-state index contributed by atoms with van der Waals surface area (Å²) >= 11 is 7.86. The third-order valence-corrected chi connectivity index (χ3v) is 4.59. The van der Waals surface area contributed by atoms with Crippen molar-refractivity contribution in [2.75, 3.05) is 12.3 Å². The van der Waals surface area contributed by atoms with Crippen molar-refractivity contribution < 1.29 is 0 Å². The van der Waals surface area contributed by atoms with Crippen molar-refractivity contribution in [1.29, 1.82) is 0 Å². The fraction of sp³-hybridized carbons (Fsp3) is 0.385. The van der Waals surface area contributed by atoms with E-state index in [1.807, 2.05) is 24.3 Å². The number of para-hydroxylation sites is 2. The fourth-order valence-corrected chi connectivity index (χ4v) is 3.40. The van der Waals surface area contributed by atoms with Gasteiger partial charge in [-0.2, -0.15) is 0 Å². The van der Waals surface area contributed by atoms with Gasteiger partial charge in [0.1, 0.15) is 5.03 Å². The van der Waals surface area contributed by atoms with E-state index in [0.29, 0.717) is 11.2 Å². The lowest BCUT2D eigenvalue weighted by Crippen LogP contribution is -2.23. The molecule has 1 aliphatic heterocycles. The average molecular weight is 280 g/mol. The molecule has 3 rings (SSSR count). The molecule has 94 valence electrons. The quantitative estimate of drug-likeness (QED) is 0.876. The lowest BCUT2D eigenvalue weighted by molar-refractivity contribution is 0.673. The van der Waals surface area contributed by atoms with Gasteiger partial charge in [-0.15, -0.1) is 11.8 Å². The molecule has 18 heavy (non-hydrogen) atoms. The highest BCUT2D eigenvalue weighted by Gasteiger charge is 2.16. The van der Waals surface area contributed by atoms with Crippen LogP contribution in [0.2, 0.25) is 5.15 Å². The first kappa shape index (κ1) is 12.2. The lowest BCUT2D eigenvalue weighted by Gasteiger charge is -2.09. The number of fused-ring (bicyclic) bond motifs is 1. The molecule has 0 radical (unpaired) electrons. The van der Waals surface area contributed by atoms with Gasteiger partial charge in [-0.25, -0.2) is 9.97 Å². The van der Waals surface area contributed by atoms with Crippen LogP contribution in [0.4, 0.5) is 0 Å². The Balaban J connectivity index is 1.80. The number of hydrogen-bond donors (Lipinski definition) is 1. The van der Waals surface area contributed by atoms with Crippen LogP contribution >= 0.6 is 23.4 Å². The van der Waals surface area contributed by atoms with Crippen LogP contribution in [0.25, 0.3) is 11.0 Å². The maximum Gasteiger partial charge on any atom is 0.161 e. The van der Waals surface area contributed by atoms with Crippen LogP contribution in [0.15, 0.2) is 29.3 Å². The number of aromatic nitrogens is 2. The summed E-state index contributed by atoms with van der Waals surface area (Å²) in [5, 5.41) is 4.82. The third kappa shape index (κ3) is 2.60. The van der Waals surface area contributed by atoms with E-state index in [-0.39, 0.29) is 0 Å². The summed E-state index contributed by atoms with van der Waals surface area (Å²) in [6.45, 7) is 1.13. The maximum atomic E-state index is 6.17. The van der Waals surface area contributed by atoms with Crippen LogP contribution in [-0.4, -0.2) is 28.3 Å². The molecule has 3 nitrogen and oxygen atoms in total. The van der Waals surface area contributed by atoms with Crippen molar-refractivity contribution in [1.82, 2.24) is 15.3 Å². The smallest absolute Gasteiger partial charge is 0.161 e. The highest BCUT2D eigenvalue weighted by atomic mass is 35.5. The molecule has 5 heteroatoms. The standard InChI is InChI=1S/C13H14ClN3S/c14-12-13(18-8-9-4-3-7-15-9)17-11-6-2-1-5-10(11)16-12/h1-2,5-6,9,15H,3-4,7-8H2. The molecule has 1 N–H and O–H groups in total. The molecule has 0 spiro atoms. The molecule has 0 saturated carbocycles. The van der Waals surface area contributed by atoms with Gasteiger partial charge < -0.3 is 5.32 Å². The molecule has 1 fully saturated rings. The molecule has 0 bridgehead atoms. The molecule has 1 atom stereocenters. The Labute approximate surface area is 115 Å². The van der Waals surface area contributed by atoms with Gasteiger partial charge in [0.2, 0.25) is 0 Å². The fourth-order valence-electron chi connectivity index (χ4n) is 2.13. The van der Waals surface area contributed by atoms with E-state index >= 15 is 0 Å². The van der Waals surface area contributed by atoms with Crippen molar-refractivity contribution in [2.45, 2.75) is 23.9 Å². The van der Waals surface area contributed by atoms with Crippen LogP contribution in [0.3, 0.4) is 0 Å². The van der Waals surface area contributed by atoms with Gasteiger partial charge in [-0.3, -0.25) is 0 Å². The first-order chi connectivity index (χ1) is 8.83. The second-order valence-electron chi connectivity index (χ2n) is 4.41. The monoisotopic (exact) mass is 279 g/mol. The van der Waals surface area contributed by atoms with Crippen molar-refractivity contribution in [3.05, 3.63) is 29.4 Å². The Hall–Kier alpha value is -0.840. The predicted octanol–water partition coefficient (Wildman–Crippen LogP) is 3.13. The molecule has 1 aromatic carbocycles. The summed E-state index contributed by atoms with van der Waals surface area (Å²) < 4.78 is 0. The molecule has 1 unspecified atom stereocenters. The average Bonchev–Trinajstić information content (AvgIpc) is 2.89. The molecular weight excluding hydrogens is 266 g/mol. The second kappa shape index (κ2) is 5.43. The Kier molecular flexibility index (Phi) is 3.68. The van der Waals surface area contributed by atoms with Gasteiger partial charge >= 0.3 is 0 Å². The number of benzene rings is 1. The van der Waals surface area contributed by atoms with Gasteiger partial charge in [0.15, 0.2) is 5.15 Å². The number of rotatable bonds is 3. The van der Waals surface area contributed by atoms with Gasteiger partial charge in [-0.05, 0) is 31.5 Å². The van der Waals surface area contributed by atoms with Crippen molar-refractivity contribution >= 4 is 34.4 Å². The van der Waals surface area contributed by atoms with Gasteiger partial charge in [0.25, 0.3) is 0 Å². The number of nitrogens with zero attached hydrogens (tertiary/aromatic N) is 2. The Morgan fingerprint density at radius 3 is 2.78 bits per heavy atom. The molecule has 2 heterocycles. The Morgan fingerprint density at radius 1 is 1.28 bits per heavy atom. The normalized spacial score (nSPS) is 19.5. The lowest BCUT2D eigenvalue weighted by atomic mass is 10.3. The Bertz CT molecular complexity index is 555. The van der Waals surface area contributed by atoms with E-state index in [1.165, 1.54) is 12.8 Å². The van der Waals surface area contributed by atoms with Crippen molar-refractivity contribution in [3.63, 3.8) is 0 Å². The third-order valence-electron chi connectivity index (χ3n) is 3.08. The van der Waals surface area contributed by atoms with E-state index in [2.05, 4.69) is 15.3 Å². The molecule has 0 amide bonds. The summed E-state index contributed by atoms with van der Waals surface area (Å²) in [6.07, 6.45) is 2.51. The van der Waals surface area contributed by atoms with Crippen LogP contribution in [-0.2, 0) is 0 Å². The zero-order valence-corrected chi connectivity index (χ0v) is 11.5. The molecule has 1 aliphatic rings. The van der Waals surface area contributed by atoms with E-state index in [1.54, 1.807) is 11.8 Å². The highest BCUT2D eigenvalue weighted by Crippen LogP contribution is 2.27. The minimum Gasteiger partial charge on any atom is -0.313 e. The van der Waals surface area contributed by atoms with E-state index < -0.39 is 0 Å². The van der Waals surface area contributed by atoms with E-state index in [0.717, 1.165) is 28.4 Å². The molecular formula is C13H14ClN3S. The van der Waals surface area contributed by atoms with Gasteiger partial charge in [0, 0.05) is 11.8 Å². The van der Waals surface area contributed by atoms with Gasteiger partial charge in [0.05, 0.1) is 11.0 Å². The van der Waals surface area contributed by atoms with E-state index in [9.17, 15) is 0 Å². The minimum absolute atomic E-state index is 0.511. The second-order valence-corrected chi connectivity index (χ2v) is 5.78. The van der Waals surface area contributed by atoms with Crippen LogP contribution in [0, 0.1) is 0 Å². The van der Waals surface area contributed by atoms with E-state index in [4.69, 9.17) is 11.6 Å². The SMILES string of the molecule is Clc1nc2ccccc2nc1SCC1CCCN1. The summed E-state index contributed by atoms with van der Waals surface area (Å²) in [7, 11) is 0. The molecule has 1 saturated heterocycles. The summed E-state index contributed by atoms with van der Waals surface area (Å²) in [6, 6.07) is 8.40. The zero-order chi connectivity index (χ0) is 12.4. The maximum absolute atomic E-state index is 6.17. The molecule has 1 aromatic heterocycles. The van der Waals surface area contributed by atoms with Crippen LogP contribution < -0.4 is 5.32 Å². The van der Waals surface area contributed by atoms with Crippen LogP contribution in [0.1, 0.15) is 12.8 Å². The van der Waals surface area contributed by atoms with Crippen molar-refractivity contribution in [3.8, 4) is 0 Å². The zero-order valence-electron chi connectivity index (χ0n) is 9.90. The Morgan fingerprint density at radius 2 is 2.06 bits per heavy atom. The topological polar surface area (TPSA) is 37.8 Å². The minimum atomic E-state index is 0.511. The predicted molar refractivity (Wildman–Crippen MR) is 76.3 cm³/mol. The summed E-state index contributed by atoms with van der Waals surface area (Å²) in [4.78, 5) is 8.96. The van der Waals surface area contributed by atoms with Crippen molar-refractivity contribution in [2.24, 2.45) is 0 Å². The number of hydrogen-bond acceptors (Lipinski definition) is 4. The largest absolute Gasteiger partial charge is 0.313 e. The first-order valence-electron chi connectivity index (χ1n) is 6.11. The van der Waals surface area contributed by atoms with Gasteiger partial charge in [-0.1, -0.05) is 23.7 Å². The molecule has 0 aliphatic carbocycles. The highest BCUT2D eigenvalue weighted by molar-refractivity contribution is 7.99. The number of nitrogens with one attached hydrogen (secondary N) is 1. The summed E-state index contributed by atoms with van der Waals surface area (Å²) in [5.74, 6) is 1.01.